The van der Waals surface area contributed by atoms with Crippen LogP contribution >= 0.6 is 34.2 Å². The molecule has 0 aliphatic carbocycles. The van der Waals surface area contributed by atoms with E-state index in [1.807, 2.05) is 19.1 Å². The van der Waals surface area contributed by atoms with E-state index in [1.165, 1.54) is 0 Å². The Balaban J connectivity index is 2.42. The number of rotatable bonds is 3. The Morgan fingerprint density at radius 2 is 2.26 bits per heavy atom. The van der Waals surface area contributed by atoms with Crippen LogP contribution in [0.15, 0.2) is 24.3 Å². The average Bonchev–Trinajstić information content (AvgIpc) is 2.42. The lowest BCUT2D eigenvalue weighted by Crippen LogP contribution is -2.38. The van der Waals surface area contributed by atoms with Gasteiger partial charge in [0.05, 0.1) is 16.1 Å². The number of alkyl halides is 1. The lowest BCUT2D eigenvalue weighted by Gasteiger charge is -2.30. The molecule has 0 spiro atoms. The molecule has 0 radical (unpaired) electrons. The fraction of sp³-hybridized carbons (Fsp3) is 0.357. The van der Waals surface area contributed by atoms with Crippen LogP contribution in [0.2, 0.25) is 5.02 Å². The van der Waals surface area contributed by atoms with Crippen LogP contribution in [0.5, 0.6) is 5.75 Å². The van der Waals surface area contributed by atoms with Gasteiger partial charge in [-0.2, -0.15) is 0 Å². The second-order valence-electron chi connectivity index (χ2n) is 4.22. The Morgan fingerprint density at radius 1 is 1.53 bits per heavy atom. The van der Waals surface area contributed by atoms with Gasteiger partial charge in [0.2, 0.25) is 5.91 Å². The second kappa shape index (κ2) is 6.13. The number of allylic oxidation sites excluding steroid dienone is 1. The van der Waals surface area contributed by atoms with Gasteiger partial charge in [-0.3, -0.25) is 4.79 Å². The summed E-state index contributed by atoms with van der Waals surface area (Å²) in [6.07, 6.45) is 2.82. The maximum absolute atomic E-state index is 12.2. The number of ether oxygens (including phenoxy) is 1. The highest BCUT2D eigenvalue weighted by Gasteiger charge is 2.28. The van der Waals surface area contributed by atoms with Crippen molar-refractivity contribution in [2.75, 3.05) is 13.7 Å². The van der Waals surface area contributed by atoms with E-state index < -0.39 is 0 Å². The highest BCUT2D eigenvalue weighted by molar-refractivity contribution is 14.1. The molecule has 0 fully saturated rings. The smallest absolute Gasteiger partial charge is 0.240 e. The molecule has 1 unspecified atom stereocenters. The van der Waals surface area contributed by atoms with E-state index in [4.69, 9.17) is 16.3 Å². The molecule has 2 rings (SSSR count). The van der Waals surface area contributed by atoms with Gasteiger partial charge in [-0.05, 0) is 31.5 Å². The Morgan fingerprint density at radius 3 is 2.84 bits per heavy atom. The SMILES string of the molecule is CCN1C(=O)C(I)CC=C1c1ccc(OC)cc1Cl. The zero-order valence-corrected chi connectivity index (χ0v) is 13.7. The summed E-state index contributed by atoms with van der Waals surface area (Å²) in [7, 11) is 1.60. The van der Waals surface area contributed by atoms with Crippen molar-refractivity contribution >= 4 is 45.8 Å². The van der Waals surface area contributed by atoms with E-state index in [0.717, 1.165) is 17.7 Å². The maximum Gasteiger partial charge on any atom is 0.240 e. The molecule has 102 valence electrons. The largest absolute Gasteiger partial charge is 0.497 e. The van der Waals surface area contributed by atoms with Crippen molar-refractivity contribution in [2.45, 2.75) is 17.3 Å². The summed E-state index contributed by atoms with van der Waals surface area (Å²) < 4.78 is 5.16. The summed E-state index contributed by atoms with van der Waals surface area (Å²) in [5.41, 5.74) is 1.77. The maximum atomic E-state index is 12.2. The van der Waals surface area contributed by atoms with Crippen LogP contribution in [0.4, 0.5) is 0 Å². The van der Waals surface area contributed by atoms with Crippen molar-refractivity contribution in [3.8, 4) is 5.75 Å². The van der Waals surface area contributed by atoms with Crippen LogP contribution in [0, 0.1) is 0 Å². The number of amides is 1. The quantitative estimate of drug-likeness (QED) is 0.580. The van der Waals surface area contributed by atoms with Gasteiger partial charge >= 0.3 is 0 Å². The van der Waals surface area contributed by atoms with Gasteiger partial charge in [-0.15, -0.1) is 0 Å². The van der Waals surface area contributed by atoms with Crippen molar-refractivity contribution in [2.24, 2.45) is 0 Å². The Kier molecular flexibility index (Phi) is 4.73. The summed E-state index contributed by atoms with van der Waals surface area (Å²) in [4.78, 5) is 14.0. The number of methoxy groups -OCH3 is 1. The monoisotopic (exact) mass is 391 g/mol. The van der Waals surface area contributed by atoms with E-state index in [9.17, 15) is 4.79 Å². The van der Waals surface area contributed by atoms with Gasteiger partial charge in [0.25, 0.3) is 0 Å². The van der Waals surface area contributed by atoms with Gasteiger partial charge in [-0.25, -0.2) is 0 Å². The minimum atomic E-state index is 0.0123. The molecule has 0 N–H and O–H groups in total. The topological polar surface area (TPSA) is 29.5 Å². The van der Waals surface area contributed by atoms with Gasteiger partial charge < -0.3 is 9.64 Å². The highest BCUT2D eigenvalue weighted by Crippen LogP contribution is 2.34. The Bertz CT molecular complexity index is 530. The molecule has 1 aliphatic heterocycles. The number of nitrogens with zero attached hydrogens (tertiary/aromatic N) is 1. The number of carbonyl (C=O) groups is 1. The second-order valence-corrected chi connectivity index (χ2v) is 6.13. The first-order chi connectivity index (χ1) is 9.08. The van der Waals surface area contributed by atoms with Gasteiger partial charge in [0.1, 0.15) is 5.75 Å². The average molecular weight is 392 g/mol. The minimum absolute atomic E-state index is 0.0123. The molecule has 0 bridgehead atoms. The first-order valence-electron chi connectivity index (χ1n) is 6.08. The lowest BCUT2D eigenvalue weighted by molar-refractivity contribution is -0.127. The summed E-state index contributed by atoms with van der Waals surface area (Å²) in [5.74, 6) is 0.860. The molecule has 0 aromatic heterocycles. The van der Waals surface area contributed by atoms with E-state index >= 15 is 0 Å². The van der Waals surface area contributed by atoms with E-state index in [0.29, 0.717) is 17.3 Å². The van der Waals surface area contributed by atoms with Gasteiger partial charge in [0.15, 0.2) is 0 Å². The van der Waals surface area contributed by atoms with Gasteiger partial charge in [0, 0.05) is 17.8 Å². The molecule has 1 amide bonds. The summed E-state index contributed by atoms with van der Waals surface area (Å²) in [6, 6.07) is 5.53. The van der Waals surface area contributed by atoms with Crippen LogP contribution in [0.3, 0.4) is 0 Å². The molecule has 1 aliphatic rings. The molecule has 0 saturated heterocycles. The summed E-state index contributed by atoms with van der Waals surface area (Å²) in [5, 5.41) is 0.601. The summed E-state index contributed by atoms with van der Waals surface area (Å²) in [6.45, 7) is 2.62. The third-order valence-electron chi connectivity index (χ3n) is 3.11. The van der Waals surface area contributed by atoms with Crippen molar-refractivity contribution < 1.29 is 9.53 Å². The lowest BCUT2D eigenvalue weighted by atomic mass is 10.0. The normalized spacial score (nSPS) is 19.4. The Hall–Kier alpha value is -0.750. The standard InChI is InChI=1S/C14H15ClINO2/c1-3-17-13(7-6-12(16)14(17)18)10-5-4-9(19-2)8-11(10)15/h4-5,7-8,12H,3,6H2,1-2H3. The molecule has 1 heterocycles. The number of halogens is 2. The number of hydrogen-bond acceptors (Lipinski definition) is 2. The van der Waals surface area contributed by atoms with E-state index in [1.54, 1.807) is 18.1 Å². The first kappa shape index (κ1) is 14.7. The fourth-order valence-corrected chi connectivity index (χ4v) is 2.98. The molecule has 1 atom stereocenters. The van der Waals surface area contributed by atoms with Crippen LogP contribution < -0.4 is 4.74 Å². The van der Waals surface area contributed by atoms with Crippen LogP contribution in [-0.4, -0.2) is 28.4 Å². The molecule has 0 saturated carbocycles. The van der Waals surface area contributed by atoms with E-state index in [-0.39, 0.29) is 9.83 Å². The number of hydrogen-bond donors (Lipinski definition) is 0. The molecule has 1 aromatic rings. The molecule has 5 heteroatoms. The third kappa shape index (κ3) is 2.89. The molecule has 1 aromatic carbocycles. The predicted octanol–water partition coefficient (Wildman–Crippen LogP) is 3.75. The number of benzene rings is 1. The van der Waals surface area contributed by atoms with Gasteiger partial charge in [-0.1, -0.05) is 40.3 Å². The summed E-state index contributed by atoms with van der Waals surface area (Å²) >= 11 is 8.47. The van der Waals surface area contributed by atoms with Crippen molar-refractivity contribution in [1.82, 2.24) is 4.90 Å². The van der Waals surface area contributed by atoms with Crippen molar-refractivity contribution in [3.63, 3.8) is 0 Å². The zero-order valence-electron chi connectivity index (χ0n) is 10.8. The molecule has 19 heavy (non-hydrogen) atoms. The van der Waals surface area contributed by atoms with Crippen molar-refractivity contribution in [3.05, 3.63) is 34.9 Å². The van der Waals surface area contributed by atoms with Crippen LogP contribution in [-0.2, 0) is 4.79 Å². The minimum Gasteiger partial charge on any atom is -0.497 e. The first-order valence-corrected chi connectivity index (χ1v) is 7.70. The predicted molar refractivity (Wildman–Crippen MR) is 85.8 cm³/mol. The number of carbonyl (C=O) groups excluding carboxylic acids is 1. The third-order valence-corrected chi connectivity index (χ3v) is 4.47. The zero-order chi connectivity index (χ0) is 14.0. The molecular weight excluding hydrogens is 377 g/mol. The van der Waals surface area contributed by atoms with E-state index in [2.05, 4.69) is 28.7 Å². The molecule has 3 nitrogen and oxygen atoms in total. The Labute approximate surface area is 131 Å². The van der Waals surface area contributed by atoms with Crippen molar-refractivity contribution in [1.29, 1.82) is 0 Å². The van der Waals surface area contributed by atoms with Crippen LogP contribution in [0.1, 0.15) is 18.9 Å². The van der Waals surface area contributed by atoms with Crippen LogP contribution in [0.25, 0.3) is 5.70 Å². The fourth-order valence-electron chi connectivity index (χ4n) is 2.13. The highest BCUT2D eigenvalue weighted by atomic mass is 127. The molecular formula is C14H15ClINO2.